The zero-order valence-electron chi connectivity index (χ0n) is 14.6. The molecule has 0 aliphatic carbocycles. The molecule has 0 bridgehead atoms. The first-order chi connectivity index (χ1) is 12.5. The maximum absolute atomic E-state index is 11.7. The number of carbonyl (C=O) groups is 2. The van der Waals surface area contributed by atoms with Crippen molar-refractivity contribution in [3.05, 3.63) is 59.4 Å². The lowest BCUT2D eigenvalue weighted by Gasteiger charge is -2.10. The number of rotatable bonds is 8. The summed E-state index contributed by atoms with van der Waals surface area (Å²) in [5.41, 5.74) is 3.34. The number of nitrogens with one attached hydrogen (secondary N) is 2. The van der Waals surface area contributed by atoms with Crippen molar-refractivity contribution in [2.75, 3.05) is 6.61 Å². The van der Waals surface area contributed by atoms with Crippen molar-refractivity contribution in [3.8, 4) is 5.75 Å². The molecule has 0 aliphatic heterocycles. The first-order valence-electron chi connectivity index (χ1n) is 8.41. The molecule has 2 N–H and O–H groups in total. The van der Waals surface area contributed by atoms with E-state index in [9.17, 15) is 9.59 Å². The van der Waals surface area contributed by atoms with Gasteiger partial charge in [-0.25, -0.2) is 4.98 Å². The van der Waals surface area contributed by atoms with Crippen LogP contribution in [0.25, 0.3) is 0 Å². The van der Waals surface area contributed by atoms with Crippen molar-refractivity contribution >= 4 is 36.4 Å². The Morgan fingerprint density at radius 1 is 1.15 bits per heavy atom. The largest absolute Gasteiger partial charge is 0.493 e. The van der Waals surface area contributed by atoms with Gasteiger partial charge in [0, 0.05) is 11.6 Å². The van der Waals surface area contributed by atoms with E-state index in [1.54, 1.807) is 0 Å². The summed E-state index contributed by atoms with van der Waals surface area (Å²) < 4.78 is 5.75. The maximum Gasteiger partial charge on any atom is 0.282 e. The summed E-state index contributed by atoms with van der Waals surface area (Å²) in [6, 6.07) is 11.7. The molecule has 138 valence electrons. The van der Waals surface area contributed by atoms with Gasteiger partial charge < -0.3 is 4.74 Å². The SMILES string of the molecule is CCc1ccc(CCOc2ccc(CC(S)C(=O)NC(=O)S)cc2)[nH+]c1. The van der Waals surface area contributed by atoms with E-state index in [4.69, 9.17) is 4.74 Å². The second kappa shape index (κ2) is 10.2. The molecule has 7 heteroatoms. The van der Waals surface area contributed by atoms with E-state index < -0.39 is 16.4 Å². The fourth-order valence-corrected chi connectivity index (χ4v) is 2.76. The highest BCUT2D eigenvalue weighted by Crippen LogP contribution is 2.15. The van der Waals surface area contributed by atoms with E-state index in [-0.39, 0.29) is 0 Å². The molecule has 0 fully saturated rings. The zero-order valence-corrected chi connectivity index (χ0v) is 16.4. The number of aromatic amines is 1. The third kappa shape index (κ3) is 6.72. The van der Waals surface area contributed by atoms with E-state index in [1.807, 2.05) is 30.5 Å². The molecule has 0 radical (unpaired) electrons. The Balaban J connectivity index is 1.79. The van der Waals surface area contributed by atoms with Crippen LogP contribution in [-0.4, -0.2) is 23.0 Å². The number of imide groups is 1. The minimum Gasteiger partial charge on any atom is -0.493 e. The molecule has 26 heavy (non-hydrogen) atoms. The zero-order chi connectivity index (χ0) is 18.9. The number of aryl methyl sites for hydroxylation is 1. The van der Waals surface area contributed by atoms with Crippen LogP contribution in [0.5, 0.6) is 5.75 Å². The molecule has 0 saturated heterocycles. The average molecular weight is 392 g/mol. The Kier molecular flexibility index (Phi) is 8.00. The third-order valence-electron chi connectivity index (χ3n) is 3.88. The number of pyridine rings is 1. The molecule has 5 nitrogen and oxygen atoms in total. The molecule has 0 saturated carbocycles. The van der Waals surface area contributed by atoms with Gasteiger partial charge in [0.25, 0.3) is 5.24 Å². The van der Waals surface area contributed by atoms with E-state index in [0.717, 1.165) is 29.8 Å². The van der Waals surface area contributed by atoms with Gasteiger partial charge in [0.2, 0.25) is 5.91 Å². The van der Waals surface area contributed by atoms with Gasteiger partial charge in [-0.1, -0.05) is 31.7 Å². The fraction of sp³-hybridized carbons (Fsp3) is 0.316. The quantitative estimate of drug-likeness (QED) is 0.606. The average Bonchev–Trinajstić information content (AvgIpc) is 2.63. The summed E-state index contributed by atoms with van der Waals surface area (Å²) in [4.78, 5) is 25.7. The van der Waals surface area contributed by atoms with E-state index in [2.05, 4.69) is 54.6 Å². The molecule has 2 rings (SSSR count). The topological polar surface area (TPSA) is 69.5 Å². The van der Waals surface area contributed by atoms with Crippen LogP contribution in [0, 0.1) is 0 Å². The van der Waals surface area contributed by atoms with Gasteiger partial charge in [0.05, 0.1) is 18.3 Å². The van der Waals surface area contributed by atoms with Crippen molar-refractivity contribution in [1.82, 2.24) is 5.32 Å². The molecule has 0 aliphatic rings. The summed E-state index contributed by atoms with van der Waals surface area (Å²) in [5, 5.41) is 0.814. The molecule has 2 aromatic rings. The lowest BCUT2D eigenvalue weighted by atomic mass is 10.1. The minimum atomic E-state index is -0.681. The van der Waals surface area contributed by atoms with E-state index in [1.165, 1.54) is 5.56 Å². The smallest absolute Gasteiger partial charge is 0.282 e. The first-order valence-corrected chi connectivity index (χ1v) is 9.37. The summed E-state index contributed by atoms with van der Waals surface area (Å²) >= 11 is 7.73. The number of amides is 2. The van der Waals surface area contributed by atoms with Crippen LogP contribution in [0.2, 0.25) is 0 Å². The van der Waals surface area contributed by atoms with Crippen LogP contribution < -0.4 is 15.0 Å². The summed E-state index contributed by atoms with van der Waals surface area (Å²) in [5.74, 6) is 0.309. The van der Waals surface area contributed by atoms with Crippen molar-refractivity contribution in [2.24, 2.45) is 0 Å². The monoisotopic (exact) mass is 391 g/mol. The van der Waals surface area contributed by atoms with Gasteiger partial charge in [-0.15, -0.1) is 0 Å². The predicted octanol–water partition coefficient (Wildman–Crippen LogP) is 2.69. The lowest BCUT2D eigenvalue weighted by molar-refractivity contribution is -0.391. The summed E-state index contributed by atoms with van der Waals surface area (Å²) in [7, 11) is 0. The molecule has 0 spiro atoms. The maximum atomic E-state index is 11.7. The molecule has 1 atom stereocenters. The van der Waals surface area contributed by atoms with Crippen molar-refractivity contribution in [1.29, 1.82) is 0 Å². The van der Waals surface area contributed by atoms with Gasteiger partial charge in [-0.2, -0.15) is 12.6 Å². The predicted molar refractivity (Wildman–Crippen MR) is 107 cm³/mol. The summed E-state index contributed by atoms with van der Waals surface area (Å²) in [6.45, 7) is 2.70. The molecular weight excluding hydrogens is 368 g/mol. The van der Waals surface area contributed by atoms with Crippen molar-refractivity contribution in [3.63, 3.8) is 0 Å². The van der Waals surface area contributed by atoms with Crippen LogP contribution in [0.15, 0.2) is 42.6 Å². The van der Waals surface area contributed by atoms with E-state index >= 15 is 0 Å². The van der Waals surface area contributed by atoms with Crippen LogP contribution in [0.3, 0.4) is 0 Å². The molecular formula is C19H23N2O3S2+. The number of ether oxygens (including phenoxy) is 1. The molecule has 2 amide bonds. The lowest BCUT2D eigenvalue weighted by Crippen LogP contribution is -2.34. The van der Waals surface area contributed by atoms with Gasteiger partial charge in [0.1, 0.15) is 5.75 Å². The number of aromatic nitrogens is 1. The second-order valence-corrected chi connectivity index (χ2v) is 6.86. The normalized spacial score (nSPS) is 11.7. The Morgan fingerprint density at radius 3 is 2.42 bits per heavy atom. The number of thiol groups is 2. The summed E-state index contributed by atoms with van der Waals surface area (Å²) in [6.07, 6.45) is 4.24. The van der Waals surface area contributed by atoms with Gasteiger partial charge in [-0.05, 0) is 36.6 Å². The van der Waals surface area contributed by atoms with Crippen LogP contribution in [0.1, 0.15) is 23.7 Å². The highest BCUT2D eigenvalue weighted by molar-refractivity contribution is 7.96. The minimum absolute atomic E-state index is 0.412. The van der Waals surface area contributed by atoms with E-state index in [0.29, 0.717) is 13.0 Å². The third-order valence-corrected chi connectivity index (χ3v) is 4.40. The number of carbonyl (C=O) groups excluding carboxylic acids is 2. The van der Waals surface area contributed by atoms with Crippen LogP contribution in [-0.2, 0) is 24.1 Å². The van der Waals surface area contributed by atoms with Crippen molar-refractivity contribution < 1.29 is 19.3 Å². The molecule has 1 aromatic heterocycles. The van der Waals surface area contributed by atoms with Gasteiger partial charge in [0.15, 0.2) is 11.9 Å². The standard InChI is InChI=1S/C19H22N2O3S2/c1-2-13-3-6-15(20-12-13)9-10-24-16-7-4-14(5-8-16)11-17(25)18(22)21-19(23)26/h3-8,12,17,25H,2,9-11H2,1H3,(H2,21,22,23,26)/p+1. The molecule has 1 aromatic carbocycles. The number of H-pyrrole nitrogens is 1. The second-order valence-electron chi connectivity index (χ2n) is 5.83. The number of hydrogen-bond donors (Lipinski definition) is 3. The van der Waals surface area contributed by atoms with Crippen LogP contribution in [0.4, 0.5) is 4.79 Å². The van der Waals surface area contributed by atoms with Gasteiger partial charge >= 0.3 is 0 Å². The van der Waals surface area contributed by atoms with Crippen LogP contribution >= 0.6 is 25.3 Å². The highest BCUT2D eigenvalue weighted by atomic mass is 32.1. The Hall–Kier alpha value is -1.99. The molecule has 1 heterocycles. The Labute approximate surface area is 164 Å². The molecule has 1 unspecified atom stereocenters. The highest BCUT2D eigenvalue weighted by Gasteiger charge is 2.15. The number of hydrogen-bond acceptors (Lipinski definition) is 4. The fourth-order valence-electron chi connectivity index (χ4n) is 2.37. The number of benzene rings is 1. The van der Waals surface area contributed by atoms with Crippen molar-refractivity contribution in [2.45, 2.75) is 31.4 Å². The Morgan fingerprint density at radius 2 is 1.85 bits per heavy atom. The first kappa shape index (κ1) is 20.3. The Bertz CT molecular complexity index is 733. The van der Waals surface area contributed by atoms with Gasteiger partial charge in [-0.3, -0.25) is 14.9 Å².